The van der Waals surface area contributed by atoms with Crippen molar-refractivity contribution in [1.29, 1.82) is 0 Å². The van der Waals surface area contributed by atoms with Gasteiger partial charge in [-0.1, -0.05) is 0 Å². The molecule has 194 valence electrons. The lowest BCUT2D eigenvalue weighted by Gasteiger charge is -2.55. The fraction of sp³-hybridized carbons (Fsp3) is 0.455. The Labute approximate surface area is 199 Å². The number of aliphatic carboxylic acids is 6. The number of rotatable bonds is 6. The first-order valence-electron chi connectivity index (χ1n) is 10.3. The summed E-state index contributed by atoms with van der Waals surface area (Å²) in [5.41, 5.74) is 6.62. The highest BCUT2D eigenvalue weighted by Crippen LogP contribution is 2.54. The van der Waals surface area contributed by atoms with E-state index in [9.17, 15) is 28.8 Å². The highest BCUT2D eigenvalue weighted by Gasteiger charge is 2.48. The molecule has 0 unspecified atom stereocenters. The van der Waals surface area contributed by atoms with Gasteiger partial charge >= 0.3 is 35.8 Å². The summed E-state index contributed by atoms with van der Waals surface area (Å²) in [6, 6.07) is 0. The fourth-order valence-electron chi connectivity index (χ4n) is 4.61. The third-order valence-corrected chi connectivity index (χ3v) is 5.19. The normalized spacial score (nSPS) is 25.5. The van der Waals surface area contributed by atoms with Gasteiger partial charge in [0, 0.05) is 42.0 Å². The van der Waals surface area contributed by atoms with Crippen molar-refractivity contribution in [3.63, 3.8) is 0 Å². The van der Waals surface area contributed by atoms with Crippen LogP contribution in [0.2, 0.25) is 0 Å². The maximum Gasteiger partial charge on any atom is 0.328 e. The van der Waals surface area contributed by atoms with Gasteiger partial charge in [-0.3, -0.25) is 0 Å². The Morgan fingerprint density at radius 1 is 0.486 bits per heavy atom. The van der Waals surface area contributed by atoms with Crippen LogP contribution in [0, 0.1) is 17.8 Å². The van der Waals surface area contributed by atoms with Crippen LogP contribution in [0.25, 0.3) is 0 Å². The molecule has 0 aromatic heterocycles. The van der Waals surface area contributed by atoms with Gasteiger partial charge < -0.3 is 36.4 Å². The van der Waals surface area contributed by atoms with Crippen LogP contribution in [0.5, 0.6) is 0 Å². The van der Waals surface area contributed by atoms with E-state index in [1.54, 1.807) is 0 Å². The second kappa shape index (κ2) is 15.0. The molecule has 4 rings (SSSR count). The molecular formula is C22H29NO12. The maximum atomic E-state index is 9.55. The third kappa shape index (κ3) is 16.3. The van der Waals surface area contributed by atoms with Crippen molar-refractivity contribution in [2.75, 3.05) is 0 Å². The van der Waals surface area contributed by atoms with Crippen molar-refractivity contribution >= 4 is 35.8 Å². The fourth-order valence-corrected chi connectivity index (χ4v) is 4.61. The van der Waals surface area contributed by atoms with Crippen molar-refractivity contribution in [3.8, 4) is 0 Å². The van der Waals surface area contributed by atoms with E-state index in [1.165, 1.54) is 38.5 Å². The van der Waals surface area contributed by atoms with Gasteiger partial charge in [0.15, 0.2) is 0 Å². The summed E-state index contributed by atoms with van der Waals surface area (Å²) in [5, 5.41) is 46.9. The summed E-state index contributed by atoms with van der Waals surface area (Å²) in [4.78, 5) is 57.3. The van der Waals surface area contributed by atoms with Crippen LogP contribution in [0.15, 0.2) is 36.5 Å². The zero-order valence-corrected chi connectivity index (χ0v) is 18.6. The zero-order chi connectivity index (χ0) is 27.2. The minimum Gasteiger partial charge on any atom is -0.478 e. The number of hydrogen-bond donors (Lipinski definition) is 7. The highest BCUT2D eigenvalue weighted by molar-refractivity contribution is 5.90. The standard InChI is InChI=1S/C10H17N.3C4H4O4/c11-10-4-7-1-8(5-10)3-9(2-7)6-10;3*5-3(6)1-2-4(7)8/h7-9H,1-6,11H2;3*1-2H,(H,5,6)(H,7,8)/b;3*2-1+. The van der Waals surface area contributed by atoms with E-state index in [0.29, 0.717) is 42.0 Å². The molecule has 35 heavy (non-hydrogen) atoms. The summed E-state index contributed by atoms with van der Waals surface area (Å²) in [5.74, 6) is -4.48. The average Bonchev–Trinajstić information content (AvgIpc) is 2.69. The van der Waals surface area contributed by atoms with Crippen LogP contribution >= 0.6 is 0 Å². The van der Waals surface area contributed by atoms with E-state index in [1.807, 2.05) is 0 Å². The van der Waals surface area contributed by atoms with Crippen molar-refractivity contribution in [2.24, 2.45) is 23.5 Å². The van der Waals surface area contributed by atoms with E-state index in [2.05, 4.69) is 0 Å². The molecule has 0 aromatic carbocycles. The molecule has 4 bridgehead atoms. The van der Waals surface area contributed by atoms with E-state index in [0.717, 1.165) is 17.8 Å². The molecule has 4 aliphatic rings. The third-order valence-electron chi connectivity index (χ3n) is 5.19. The minimum absolute atomic E-state index is 0.300. The number of carbonyl (C=O) groups is 6. The van der Waals surface area contributed by atoms with Crippen LogP contribution < -0.4 is 5.73 Å². The van der Waals surface area contributed by atoms with Crippen LogP contribution in [0.1, 0.15) is 38.5 Å². The molecular weight excluding hydrogens is 470 g/mol. The van der Waals surface area contributed by atoms with Crippen LogP contribution in [-0.2, 0) is 28.8 Å². The van der Waals surface area contributed by atoms with Gasteiger partial charge in [0.2, 0.25) is 0 Å². The van der Waals surface area contributed by atoms with E-state index in [-0.39, 0.29) is 0 Å². The van der Waals surface area contributed by atoms with Crippen molar-refractivity contribution < 1.29 is 59.4 Å². The molecule has 0 spiro atoms. The van der Waals surface area contributed by atoms with Crippen molar-refractivity contribution in [1.82, 2.24) is 0 Å². The quantitative estimate of drug-likeness (QED) is 0.253. The van der Waals surface area contributed by atoms with E-state index < -0.39 is 35.8 Å². The van der Waals surface area contributed by atoms with Gasteiger partial charge in [-0.15, -0.1) is 0 Å². The topological polar surface area (TPSA) is 250 Å². The average molecular weight is 499 g/mol. The van der Waals surface area contributed by atoms with Crippen LogP contribution in [-0.4, -0.2) is 72.0 Å². The first kappa shape index (κ1) is 31.0. The Balaban J connectivity index is 0.000000449. The molecule has 4 fully saturated rings. The van der Waals surface area contributed by atoms with Gasteiger partial charge in [0.05, 0.1) is 0 Å². The number of hydrogen-bond acceptors (Lipinski definition) is 7. The number of carboxylic acids is 6. The second-order valence-electron chi connectivity index (χ2n) is 8.31. The van der Waals surface area contributed by atoms with Gasteiger partial charge in [-0.05, 0) is 56.3 Å². The second-order valence-corrected chi connectivity index (χ2v) is 8.31. The van der Waals surface area contributed by atoms with Gasteiger partial charge in [0.25, 0.3) is 0 Å². The minimum atomic E-state index is -1.26. The van der Waals surface area contributed by atoms with Gasteiger partial charge in [-0.2, -0.15) is 0 Å². The highest BCUT2D eigenvalue weighted by atomic mass is 16.4. The Kier molecular flexibility index (Phi) is 13.3. The molecule has 13 heteroatoms. The van der Waals surface area contributed by atoms with Crippen LogP contribution in [0.3, 0.4) is 0 Å². The van der Waals surface area contributed by atoms with Gasteiger partial charge in [-0.25, -0.2) is 28.8 Å². The monoisotopic (exact) mass is 499 g/mol. The largest absolute Gasteiger partial charge is 0.478 e. The molecule has 13 nitrogen and oxygen atoms in total. The summed E-state index contributed by atoms with van der Waals surface area (Å²) < 4.78 is 0. The summed E-state index contributed by atoms with van der Waals surface area (Å²) in [6.07, 6.45) is 11.9. The predicted octanol–water partition coefficient (Wildman–Crippen LogP) is 1.05. The molecule has 4 saturated carbocycles. The molecule has 0 aliphatic heterocycles. The van der Waals surface area contributed by atoms with Gasteiger partial charge in [0.1, 0.15) is 0 Å². The molecule has 0 amide bonds. The Morgan fingerprint density at radius 2 is 0.657 bits per heavy atom. The van der Waals surface area contributed by atoms with Crippen molar-refractivity contribution in [2.45, 2.75) is 44.1 Å². The Morgan fingerprint density at radius 3 is 0.771 bits per heavy atom. The van der Waals surface area contributed by atoms with Crippen LogP contribution in [0.4, 0.5) is 0 Å². The van der Waals surface area contributed by atoms with E-state index in [4.69, 9.17) is 36.4 Å². The van der Waals surface area contributed by atoms with Crippen molar-refractivity contribution in [3.05, 3.63) is 36.5 Å². The lowest BCUT2D eigenvalue weighted by molar-refractivity contribution is -0.134. The van der Waals surface area contributed by atoms with E-state index >= 15 is 0 Å². The zero-order valence-electron chi connectivity index (χ0n) is 18.6. The Bertz CT molecular complexity index is 723. The Hall–Kier alpha value is -4.00. The molecule has 4 aliphatic carbocycles. The molecule has 0 radical (unpaired) electrons. The molecule has 0 heterocycles. The molecule has 0 aromatic rings. The molecule has 0 saturated heterocycles. The number of carboxylic acid groups (broad SMARTS) is 6. The summed E-state index contributed by atoms with van der Waals surface area (Å²) >= 11 is 0. The molecule has 0 atom stereocenters. The lowest BCUT2D eigenvalue weighted by Crippen LogP contribution is -2.55. The smallest absolute Gasteiger partial charge is 0.328 e. The summed E-state index contributed by atoms with van der Waals surface area (Å²) in [6.45, 7) is 0. The maximum absolute atomic E-state index is 9.55. The number of nitrogens with two attached hydrogens (primary N) is 1. The summed E-state index contributed by atoms with van der Waals surface area (Å²) in [7, 11) is 0. The predicted molar refractivity (Wildman–Crippen MR) is 118 cm³/mol. The first-order valence-corrected chi connectivity index (χ1v) is 10.3. The SMILES string of the molecule is NC12CC3CC(CC(C3)C1)C2.O=C(O)/C=C/C(=O)O.O=C(O)/C=C/C(=O)O.O=C(O)/C=C/C(=O)O. The first-order chi connectivity index (χ1) is 16.1. The lowest BCUT2D eigenvalue weighted by atomic mass is 9.53. The molecule has 8 N–H and O–H groups in total.